The molecule has 0 saturated heterocycles. The molecular weight excluding hydrogens is 314 g/mol. The number of carbonyl (C=O) groups excluding carboxylic acids is 1. The Morgan fingerprint density at radius 1 is 1.33 bits per heavy atom. The van der Waals surface area contributed by atoms with Crippen LogP contribution >= 0.6 is 0 Å². The number of non-ortho nitro benzene ring substituents is 1. The lowest BCUT2D eigenvalue weighted by atomic mass is 10.1. The van der Waals surface area contributed by atoms with Gasteiger partial charge in [-0.15, -0.1) is 0 Å². The second-order valence-corrected chi connectivity index (χ2v) is 6.06. The first kappa shape index (κ1) is 16.0. The minimum Gasteiger partial charge on any atom is -0.481 e. The number of fused-ring (bicyclic) bond motifs is 1. The van der Waals surface area contributed by atoms with Gasteiger partial charge in [0.15, 0.2) is 0 Å². The first-order chi connectivity index (χ1) is 11.4. The highest BCUT2D eigenvalue weighted by molar-refractivity contribution is 5.85. The topological polar surface area (TPSA) is 114 Å². The maximum absolute atomic E-state index is 12.2. The molecule has 2 atom stereocenters. The number of benzene rings is 1. The van der Waals surface area contributed by atoms with Gasteiger partial charge in [0.05, 0.1) is 10.8 Å². The summed E-state index contributed by atoms with van der Waals surface area (Å²) < 4.78 is 1.72. The molecule has 0 bridgehead atoms. The first-order valence-electron chi connectivity index (χ1n) is 7.69. The quantitative estimate of drug-likeness (QED) is 0.641. The van der Waals surface area contributed by atoms with Crippen molar-refractivity contribution in [1.82, 2.24) is 9.88 Å². The van der Waals surface area contributed by atoms with Crippen LogP contribution in [0.4, 0.5) is 5.69 Å². The summed E-state index contributed by atoms with van der Waals surface area (Å²) in [6.07, 6.45) is 3.42. The molecule has 0 aliphatic heterocycles. The minimum atomic E-state index is -0.815. The Morgan fingerprint density at radius 2 is 2.12 bits per heavy atom. The maximum Gasteiger partial charge on any atom is 0.306 e. The van der Waals surface area contributed by atoms with Crippen molar-refractivity contribution < 1.29 is 19.6 Å². The number of nitro benzene ring substituents is 1. The molecule has 1 aliphatic rings. The number of carboxylic acids is 1. The van der Waals surface area contributed by atoms with Gasteiger partial charge in [0.25, 0.3) is 5.69 Å². The van der Waals surface area contributed by atoms with Gasteiger partial charge in [0, 0.05) is 35.3 Å². The van der Waals surface area contributed by atoms with E-state index in [1.807, 2.05) is 0 Å². The molecule has 0 radical (unpaired) electrons. The number of hydrogen-bond donors (Lipinski definition) is 2. The summed E-state index contributed by atoms with van der Waals surface area (Å²) in [5, 5.41) is 23.3. The molecule has 1 fully saturated rings. The summed E-state index contributed by atoms with van der Waals surface area (Å²) in [6.45, 7) is 0.0928. The number of aromatic nitrogens is 1. The van der Waals surface area contributed by atoms with Crippen molar-refractivity contribution in [3.63, 3.8) is 0 Å². The molecule has 2 N–H and O–H groups in total. The third-order valence-electron chi connectivity index (χ3n) is 4.43. The average Bonchev–Trinajstić information content (AvgIpc) is 3.14. The van der Waals surface area contributed by atoms with E-state index < -0.39 is 10.9 Å². The van der Waals surface area contributed by atoms with Gasteiger partial charge in [-0.2, -0.15) is 0 Å². The third-order valence-corrected chi connectivity index (χ3v) is 4.43. The fraction of sp³-hybridized carbons (Fsp3) is 0.375. The summed E-state index contributed by atoms with van der Waals surface area (Å²) in [7, 11) is 0. The fourth-order valence-corrected chi connectivity index (χ4v) is 3.20. The summed E-state index contributed by atoms with van der Waals surface area (Å²) in [6, 6.07) is 6.12. The monoisotopic (exact) mass is 331 g/mol. The first-order valence-corrected chi connectivity index (χ1v) is 7.69. The normalized spacial score (nSPS) is 20.2. The standard InChI is InChI=1S/C16H17N3O5/c20-15(17-12-2-1-11(7-12)16(21)22)9-18-6-5-10-8-13(19(23)24)3-4-14(10)18/h3-6,8,11-12H,1-2,7,9H2,(H,17,20)(H,21,22)/t11-,12+/m0/s1. The highest BCUT2D eigenvalue weighted by Crippen LogP contribution is 2.26. The van der Waals surface area contributed by atoms with E-state index in [9.17, 15) is 19.7 Å². The van der Waals surface area contributed by atoms with E-state index in [0.29, 0.717) is 24.6 Å². The van der Waals surface area contributed by atoms with Crippen LogP contribution in [0, 0.1) is 16.0 Å². The van der Waals surface area contributed by atoms with E-state index in [1.165, 1.54) is 12.1 Å². The van der Waals surface area contributed by atoms with Crippen LogP contribution in [0.1, 0.15) is 19.3 Å². The number of carboxylic acid groups (broad SMARTS) is 1. The van der Waals surface area contributed by atoms with Crippen molar-refractivity contribution in [1.29, 1.82) is 0 Å². The highest BCUT2D eigenvalue weighted by atomic mass is 16.6. The Bertz CT molecular complexity index is 813. The van der Waals surface area contributed by atoms with Gasteiger partial charge in [0.2, 0.25) is 5.91 Å². The molecule has 8 nitrogen and oxygen atoms in total. The lowest BCUT2D eigenvalue weighted by molar-refractivity contribution is -0.384. The second kappa shape index (κ2) is 6.31. The molecule has 1 saturated carbocycles. The molecule has 0 unspecified atom stereocenters. The summed E-state index contributed by atoms with van der Waals surface area (Å²) in [5.41, 5.74) is 0.751. The SMILES string of the molecule is O=C(Cn1ccc2cc([N+](=O)[O-])ccc21)N[C@@H]1CC[C@H](C(=O)O)C1. The zero-order valence-electron chi connectivity index (χ0n) is 12.8. The van der Waals surface area contributed by atoms with Crippen molar-refractivity contribution in [3.05, 3.63) is 40.6 Å². The Labute approximate surface area is 137 Å². The van der Waals surface area contributed by atoms with Crippen LogP contribution in [-0.2, 0) is 16.1 Å². The molecule has 1 aliphatic carbocycles. The van der Waals surface area contributed by atoms with E-state index in [2.05, 4.69) is 5.32 Å². The highest BCUT2D eigenvalue weighted by Gasteiger charge is 2.30. The number of aliphatic carboxylic acids is 1. The Kier molecular flexibility index (Phi) is 4.20. The Morgan fingerprint density at radius 3 is 2.79 bits per heavy atom. The van der Waals surface area contributed by atoms with Crippen LogP contribution in [0.15, 0.2) is 30.5 Å². The van der Waals surface area contributed by atoms with Gasteiger partial charge in [-0.3, -0.25) is 19.7 Å². The number of nitrogens with zero attached hydrogens (tertiary/aromatic N) is 2. The zero-order chi connectivity index (χ0) is 17.3. The molecule has 1 heterocycles. The zero-order valence-corrected chi connectivity index (χ0v) is 12.8. The molecule has 3 rings (SSSR count). The van der Waals surface area contributed by atoms with Crippen LogP contribution in [0.25, 0.3) is 10.9 Å². The van der Waals surface area contributed by atoms with E-state index >= 15 is 0 Å². The number of rotatable bonds is 5. The number of nitro groups is 1. The van der Waals surface area contributed by atoms with Crippen molar-refractivity contribution in [2.24, 2.45) is 5.92 Å². The third kappa shape index (κ3) is 3.22. The van der Waals surface area contributed by atoms with Gasteiger partial charge in [0.1, 0.15) is 6.54 Å². The molecule has 8 heteroatoms. The van der Waals surface area contributed by atoms with Gasteiger partial charge >= 0.3 is 5.97 Å². The van der Waals surface area contributed by atoms with Gasteiger partial charge in [-0.25, -0.2) is 0 Å². The predicted octanol–water partition coefficient (Wildman–Crippen LogP) is 1.92. The molecular formula is C16H17N3O5. The predicted molar refractivity (Wildman–Crippen MR) is 85.5 cm³/mol. The largest absolute Gasteiger partial charge is 0.481 e. The van der Waals surface area contributed by atoms with Crippen LogP contribution in [0.2, 0.25) is 0 Å². The maximum atomic E-state index is 12.2. The second-order valence-electron chi connectivity index (χ2n) is 6.06. The van der Waals surface area contributed by atoms with E-state index in [-0.39, 0.29) is 30.1 Å². The smallest absolute Gasteiger partial charge is 0.306 e. The number of hydrogen-bond acceptors (Lipinski definition) is 4. The van der Waals surface area contributed by atoms with Gasteiger partial charge in [-0.1, -0.05) is 0 Å². The summed E-state index contributed by atoms with van der Waals surface area (Å²) in [5.74, 6) is -1.39. The van der Waals surface area contributed by atoms with Crippen LogP contribution < -0.4 is 5.32 Å². The molecule has 24 heavy (non-hydrogen) atoms. The summed E-state index contributed by atoms with van der Waals surface area (Å²) >= 11 is 0. The van der Waals surface area contributed by atoms with Crippen molar-refractivity contribution in [2.45, 2.75) is 31.8 Å². The van der Waals surface area contributed by atoms with Crippen molar-refractivity contribution in [3.8, 4) is 0 Å². The Balaban J connectivity index is 1.66. The van der Waals surface area contributed by atoms with Crippen LogP contribution in [-0.4, -0.2) is 32.5 Å². The average molecular weight is 331 g/mol. The molecule has 2 aromatic rings. The van der Waals surface area contributed by atoms with E-state index in [0.717, 1.165) is 5.52 Å². The lowest BCUT2D eigenvalue weighted by Crippen LogP contribution is -2.35. The number of carbonyl (C=O) groups is 2. The lowest BCUT2D eigenvalue weighted by Gasteiger charge is -2.13. The molecule has 0 spiro atoms. The molecule has 1 aromatic heterocycles. The number of amides is 1. The van der Waals surface area contributed by atoms with Crippen molar-refractivity contribution >= 4 is 28.5 Å². The molecule has 1 aromatic carbocycles. The molecule has 126 valence electrons. The fourth-order valence-electron chi connectivity index (χ4n) is 3.20. The Hall–Kier alpha value is -2.90. The van der Waals surface area contributed by atoms with E-state index in [1.54, 1.807) is 22.9 Å². The van der Waals surface area contributed by atoms with E-state index in [4.69, 9.17) is 5.11 Å². The minimum absolute atomic E-state index is 0.00960. The van der Waals surface area contributed by atoms with Crippen LogP contribution in [0.3, 0.4) is 0 Å². The van der Waals surface area contributed by atoms with Gasteiger partial charge < -0.3 is 15.0 Å². The van der Waals surface area contributed by atoms with Gasteiger partial charge in [-0.05, 0) is 31.4 Å². The van der Waals surface area contributed by atoms with Crippen LogP contribution in [0.5, 0.6) is 0 Å². The molecule has 1 amide bonds. The summed E-state index contributed by atoms with van der Waals surface area (Å²) in [4.78, 5) is 33.5. The number of nitrogens with one attached hydrogen (secondary N) is 1. The van der Waals surface area contributed by atoms with Crippen molar-refractivity contribution in [2.75, 3.05) is 0 Å².